The minimum absolute atomic E-state index is 0.279. The molecule has 23 heavy (non-hydrogen) atoms. The van der Waals surface area contributed by atoms with Crippen LogP contribution in [0.3, 0.4) is 0 Å². The molecule has 0 saturated heterocycles. The molecule has 1 aromatic carbocycles. The fourth-order valence-corrected chi connectivity index (χ4v) is 3.82. The van der Waals surface area contributed by atoms with Gasteiger partial charge in [0.05, 0.1) is 13.7 Å². The molecule has 1 aromatic rings. The molecule has 0 N–H and O–H groups in total. The van der Waals surface area contributed by atoms with Gasteiger partial charge in [-0.25, -0.2) is 4.79 Å². The van der Waals surface area contributed by atoms with Crippen LogP contribution in [0.2, 0.25) is 25.7 Å². The van der Waals surface area contributed by atoms with Crippen LogP contribution in [0.5, 0.6) is 11.5 Å². The summed E-state index contributed by atoms with van der Waals surface area (Å²) in [6.07, 6.45) is 1.67. The molecule has 0 fully saturated rings. The molecule has 1 aliphatic heterocycles. The van der Waals surface area contributed by atoms with Crippen LogP contribution in [0, 0.1) is 6.92 Å². The first-order chi connectivity index (χ1) is 10.8. The van der Waals surface area contributed by atoms with E-state index in [2.05, 4.69) is 28.9 Å². The Balaban J connectivity index is 2.48. The van der Waals surface area contributed by atoms with Gasteiger partial charge in [-0.3, -0.25) is 0 Å². The molecule has 2 rings (SSSR count). The Labute approximate surface area is 142 Å². The van der Waals surface area contributed by atoms with Crippen LogP contribution >= 0.6 is 9.24 Å². The summed E-state index contributed by atoms with van der Waals surface area (Å²) < 4.78 is 17.0. The number of carbonyl (C=O) groups is 1. The van der Waals surface area contributed by atoms with E-state index in [1.54, 1.807) is 7.11 Å². The summed E-state index contributed by atoms with van der Waals surface area (Å²) >= 11 is 0. The number of benzene rings is 1. The minimum atomic E-state index is -1.20. The van der Waals surface area contributed by atoms with Crippen LogP contribution in [-0.4, -0.2) is 33.9 Å². The molecule has 0 spiro atoms. The summed E-state index contributed by atoms with van der Waals surface area (Å²) in [6.45, 7) is 9.86. The van der Waals surface area contributed by atoms with Crippen molar-refractivity contribution in [3.63, 3.8) is 0 Å². The number of cyclic esters (lactones) is 1. The first-order valence-electron chi connectivity index (χ1n) is 8.02. The number of hydrogen-bond acceptors (Lipinski definition) is 4. The zero-order chi connectivity index (χ0) is 17.2. The van der Waals surface area contributed by atoms with Crippen LogP contribution in [0.4, 0.5) is 0 Å². The van der Waals surface area contributed by atoms with E-state index in [-0.39, 0.29) is 5.97 Å². The van der Waals surface area contributed by atoms with Crippen molar-refractivity contribution in [3.05, 3.63) is 22.3 Å². The molecule has 0 amide bonds. The lowest BCUT2D eigenvalue weighted by atomic mass is 9.95. The van der Waals surface area contributed by atoms with Crippen molar-refractivity contribution in [1.29, 1.82) is 0 Å². The van der Waals surface area contributed by atoms with Gasteiger partial charge in [0.25, 0.3) is 0 Å². The summed E-state index contributed by atoms with van der Waals surface area (Å²) in [6, 6.07) is 1.05. The first-order valence-corrected chi connectivity index (χ1v) is 12.5. The van der Waals surface area contributed by atoms with Crippen LogP contribution < -0.4 is 9.47 Å². The van der Waals surface area contributed by atoms with Gasteiger partial charge in [0.1, 0.15) is 23.7 Å². The van der Waals surface area contributed by atoms with E-state index in [1.165, 1.54) is 0 Å². The van der Waals surface area contributed by atoms with Crippen molar-refractivity contribution in [1.82, 2.24) is 0 Å². The smallest absolute Gasteiger partial charge is 0.342 e. The highest BCUT2D eigenvalue weighted by molar-refractivity contribution is 7.16. The summed E-state index contributed by atoms with van der Waals surface area (Å²) in [4.78, 5) is 12.2. The van der Waals surface area contributed by atoms with Crippen LogP contribution in [0.15, 0.2) is 0 Å². The number of ether oxygens (including phenoxy) is 3. The third kappa shape index (κ3) is 3.89. The SMILES string of the molecule is COc1c(C)c2c(c(OCC[Si](C)(C)C)c1CCP)C(=O)OC2. The van der Waals surface area contributed by atoms with Gasteiger partial charge in [0.15, 0.2) is 0 Å². The maximum atomic E-state index is 12.2. The number of hydrogen-bond donors (Lipinski definition) is 0. The molecular formula is C17H27O4PSi. The Hall–Kier alpha value is -1.06. The first kappa shape index (κ1) is 18.3. The van der Waals surface area contributed by atoms with Crippen molar-refractivity contribution >= 4 is 23.3 Å². The third-order valence-corrected chi connectivity index (χ3v) is 6.11. The van der Waals surface area contributed by atoms with Crippen molar-refractivity contribution in [2.45, 2.75) is 45.6 Å². The predicted octanol–water partition coefficient (Wildman–Crippen LogP) is 3.81. The second-order valence-corrected chi connectivity index (χ2v) is 13.3. The Morgan fingerprint density at radius 3 is 2.52 bits per heavy atom. The molecule has 6 heteroatoms. The van der Waals surface area contributed by atoms with Crippen molar-refractivity contribution in [2.75, 3.05) is 19.9 Å². The summed E-state index contributed by atoms with van der Waals surface area (Å²) in [5.74, 6) is 1.22. The molecule has 1 unspecified atom stereocenters. The fourth-order valence-electron chi connectivity index (χ4n) is 2.81. The Morgan fingerprint density at radius 2 is 1.96 bits per heavy atom. The topological polar surface area (TPSA) is 44.8 Å². The molecule has 128 valence electrons. The van der Waals surface area contributed by atoms with E-state index in [1.807, 2.05) is 6.92 Å². The van der Waals surface area contributed by atoms with Crippen molar-refractivity contribution in [2.24, 2.45) is 0 Å². The molecule has 0 radical (unpaired) electrons. The highest BCUT2D eigenvalue weighted by atomic mass is 31.0. The quantitative estimate of drug-likeness (QED) is 0.424. The molecule has 4 nitrogen and oxygen atoms in total. The van der Waals surface area contributed by atoms with Gasteiger partial charge in [0.2, 0.25) is 0 Å². The maximum Gasteiger partial charge on any atom is 0.342 e. The van der Waals surface area contributed by atoms with E-state index in [0.717, 1.165) is 41.1 Å². The zero-order valence-corrected chi connectivity index (χ0v) is 16.9. The van der Waals surface area contributed by atoms with Gasteiger partial charge in [-0.2, -0.15) is 0 Å². The number of fused-ring (bicyclic) bond motifs is 1. The lowest BCUT2D eigenvalue weighted by Gasteiger charge is -2.21. The van der Waals surface area contributed by atoms with Gasteiger partial charge in [-0.05, 0) is 31.1 Å². The van der Waals surface area contributed by atoms with E-state index in [9.17, 15) is 4.79 Å². The summed E-state index contributed by atoms with van der Waals surface area (Å²) in [5.41, 5.74) is 3.47. The molecule has 1 heterocycles. The highest BCUT2D eigenvalue weighted by Crippen LogP contribution is 2.42. The van der Waals surface area contributed by atoms with E-state index >= 15 is 0 Å². The number of esters is 1. The molecule has 0 bridgehead atoms. The maximum absolute atomic E-state index is 12.2. The second-order valence-electron chi connectivity index (χ2n) is 7.09. The minimum Gasteiger partial charge on any atom is -0.496 e. The molecule has 1 atom stereocenters. The highest BCUT2D eigenvalue weighted by Gasteiger charge is 2.33. The summed E-state index contributed by atoms with van der Waals surface area (Å²) in [7, 11) is 3.20. The van der Waals surface area contributed by atoms with Gasteiger partial charge in [-0.1, -0.05) is 19.6 Å². The zero-order valence-electron chi connectivity index (χ0n) is 14.7. The molecular weight excluding hydrogens is 327 g/mol. The molecule has 1 aliphatic rings. The fraction of sp³-hybridized carbons (Fsp3) is 0.588. The average molecular weight is 354 g/mol. The largest absolute Gasteiger partial charge is 0.496 e. The Bertz CT molecular complexity index is 608. The summed E-state index contributed by atoms with van der Waals surface area (Å²) in [5, 5.41) is 0. The van der Waals surface area contributed by atoms with Gasteiger partial charge in [-0.15, -0.1) is 9.24 Å². The number of rotatable bonds is 7. The molecule has 0 saturated carbocycles. The van der Waals surface area contributed by atoms with E-state index in [4.69, 9.17) is 14.2 Å². The standard InChI is InChI=1S/C17H27O4PSi/c1-11-13-10-21-17(18)14(13)16(20-7-9-23(3,4)5)12(6-8-22)15(11)19-2/h6-10,22H2,1-5H3. The van der Waals surface area contributed by atoms with Gasteiger partial charge < -0.3 is 14.2 Å². The second kappa shape index (κ2) is 7.23. The predicted molar refractivity (Wildman–Crippen MR) is 98.8 cm³/mol. The van der Waals surface area contributed by atoms with Crippen LogP contribution in [0.1, 0.15) is 27.0 Å². The number of methoxy groups -OCH3 is 1. The lowest BCUT2D eigenvalue weighted by Crippen LogP contribution is -2.23. The third-order valence-electron chi connectivity index (χ3n) is 4.12. The van der Waals surface area contributed by atoms with Crippen molar-refractivity contribution < 1.29 is 19.0 Å². The van der Waals surface area contributed by atoms with E-state index < -0.39 is 8.07 Å². The van der Waals surface area contributed by atoms with Crippen LogP contribution in [0.25, 0.3) is 0 Å². The Morgan fingerprint density at radius 1 is 1.26 bits per heavy atom. The Kier molecular flexibility index (Phi) is 5.74. The monoisotopic (exact) mass is 354 g/mol. The lowest BCUT2D eigenvalue weighted by molar-refractivity contribution is 0.0532. The number of carbonyl (C=O) groups excluding carboxylic acids is 1. The van der Waals surface area contributed by atoms with Gasteiger partial charge in [0, 0.05) is 19.2 Å². The van der Waals surface area contributed by atoms with Crippen molar-refractivity contribution in [3.8, 4) is 11.5 Å². The molecule has 0 aliphatic carbocycles. The average Bonchev–Trinajstić information content (AvgIpc) is 2.84. The normalized spacial score (nSPS) is 13.7. The van der Waals surface area contributed by atoms with E-state index in [0.29, 0.717) is 24.5 Å². The van der Waals surface area contributed by atoms with Crippen LogP contribution in [-0.2, 0) is 17.8 Å². The molecule has 0 aromatic heterocycles. The van der Waals surface area contributed by atoms with Gasteiger partial charge >= 0.3 is 5.97 Å².